The highest BCUT2D eigenvalue weighted by molar-refractivity contribution is 7.18. The van der Waals surface area contributed by atoms with Crippen molar-refractivity contribution in [2.45, 2.75) is 52.0 Å². The maximum absolute atomic E-state index is 11.6. The van der Waals surface area contributed by atoms with Gasteiger partial charge in [-0.05, 0) is 30.7 Å². The normalized spacial score (nSPS) is 17.1. The van der Waals surface area contributed by atoms with E-state index in [0.29, 0.717) is 24.9 Å². The molecule has 29 heavy (non-hydrogen) atoms. The first-order valence-corrected chi connectivity index (χ1v) is 10.5. The summed E-state index contributed by atoms with van der Waals surface area (Å²) in [4.78, 5) is 19.0. The van der Waals surface area contributed by atoms with Crippen molar-refractivity contribution in [2.75, 3.05) is 11.4 Å². The summed E-state index contributed by atoms with van der Waals surface area (Å²) >= 11 is 1.52. The lowest BCUT2D eigenvalue weighted by atomic mass is 9.87. The quantitative estimate of drug-likeness (QED) is 0.699. The number of aryl methyl sites for hydroxylation is 1. The number of nitrogens with zero attached hydrogens (tertiary/aromatic N) is 4. The Morgan fingerprint density at radius 1 is 1.24 bits per heavy atom. The van der Waals surface area contributed by atoms with E-state index >= 15 is 0 Å². The molecule has 0 spiro atoms. The van der Waals surface area contributed by atoms with Crippen molar-refractivity contribution in [2.24, 2.45) is 5.73 Å². The summed E-state index contributed by atoms with van der Waals surface area (Å²) in [7, 11) is 0. The summed E-state index contributed by atoms with van der Waals surface area (Å²) in [5.41, 5.74) is 8.79. The smallest absolute Gasteiger partial charge is 0.319 e. The van der Waals surface area contributed by atoms with Gasteiger partial charge in [0, 0.05) is 12.1 Å². The van der Waals surface area contributed by atoms with Crippen LogP contribution in [0.1, 0.15) is 44.9 Å². The van der Waals surface area contributed by atoms with Crippen molar-refractivity contribution in [1.82, 2.24) is 15.2 Å². The Morgan fingerprint density at radius 2 is 1.97 bits per heavy atom. The number of rotatable bonds is 4. The van der Waals surface area contributed by atoms with Crippen LogP contribution in [0.5, 0.6) is 0 Å². The molecule has 1 aliphatic heterocycles. The van der Waals surface area contributed by atoms with E-state index in [0.717, 1.165) is 27.6 Å². The zero-order valence-corrected chi connectivity index (χ0v) is 17.9. The van der Waals surface area contributed by atoms with E-state index in [4.69, 9.17) is 15.1 Å². The molecule has 1 aromatic carbocycles. The molecule has 0 aliphatic carbocycles. The van der Waals surface area contributed by atoms with Crippen LogP contribution in [0.25, 0.3) is 21.3 Å². The molecular formula is C21H25N5O2S. The topological polar surface area (TPSA) is 98.1 Å². The zero-order chi connectivity index (χ0) is 20.8. The highest BCUT2D eigenvalue weighted by atomic mass is 32.1. The van der Waals surface area contributed by atoms with Crippen molar-refractivity contribution in [1.29, 1.82) is 0 Å². The second-order valence-electron chi connectivity index (χ2n) is 8.40. The molecule has 0 bridgehead atoms. The molecule has 1 saturated heterocycles. The number of primary amides is 1. The molecule has 1 atom stereocenters. The third-order valence-electron chi connectivity index (χ3n) is 5.23. The van der Waals surface area contributed by atoms with E-state index in [1.54, 1.807) is 4.90 Å². The minimum Gasteiger partial charge on any atom is -0.402 e. The van der Waals surface area contributed by atoms with Gasteiger partial charge in [-0.2, -0.15) is 0 Å². The minimum atomic E-state index is -0.386. The van der Waals surface area contributed by atoms with Gasteiger partial charge in [-0.3, -0.25) is 4.79 Å². The van der Waals surface area contributed by atoms with Crippen molar-refractivity contribution in [3.05, 3.63) is 35.5 Å². The molecule has 3 heterocycles. The van der Waals surface area contributed by atoms with Gasteiger partial charge in [0.1, 0.15) is 15.9 Å². The Balaban J connectivity index is 1.61. The van der Waals surface area contributed by atoms with Crippen LogP contribution in [0.3, 0.4) is 0 Å². The van der Waals surface area contributed by atoms with Crippen LogP contribution in [-0.2, 0) is 10.2 Å². The van der Waals surface area contributed by atoms with Crippen LogP contribution in [-0.4, -0.2) is 33.7 Å². The number of thiazole rings is 1. The van der Waals surface area contributed by atoms with Crippen molar-refractivity contribution in [3.63, 3.8) is 0 Å². The average molecular weight is 412 g/mol. The maximum atomic E-state index is 11.6. The average Bonchev–Trinajstić information content (AvgIpc) is 3.39. The summed E-state index contributed by atoms with van der Waals surface area (Å²) in [6, 6.07) is 8.45. The Labute approximate surface area is 174 Å². The Hall–Kier alpha value is -2.74. The summed E-state index contributed by atoms with van der Waals surface area (Å²) in [6.07, 6.45) is 1.58. The lowest BCUT2D eigenvalue weighted by Crippen LogP contribution is -2.40. The van der Waals surface area contributed by atoms with Crippen LogP contribution in [0.2, 0.25) is 0 Å². The summed E-state index contributed by atoms with van der Waals surface area (Å²) in [5, 5.41) is 9.26. The zero-order valence-electron chi connectivity index (χ0n) is 17.1. The highest BCUT2D eigenvalue weighted by Gasteiger charge is 2.33. The largest absolute Gasteiger partial charge is 0.402 e. The van der Waals surface area contributed by atoms with Gasteiger partial charge in [0.2, 0.25) is 5.91 Å². The van der Waals surface area contributed by atoms with E-state index in [1.165, 1.54) is 16.9 Å². The molecule has 2 N–H and O–H groups in total. The van der Waals surface area contributed by atoms with E-state index in [9.17, 15) is 4.79 Å². The monoisotopic (exact) mass is 411 g/mol. The van der Waals surface area contributed by atoms with Gasteiger partial charge < -0.3 is 15.1 Å². The molecule has 0 saturated carbocycles. The molecule has 1 fully saturated rings. The number of hydrogen-bond donors (Lipinski definition) is 1. The van der Waals surface area contributed by atoms with Gasteiger partial charge in [-0.1, -0.05) is 50.1 Å². The number of aromatic nitrogens is 3. The number of carbonyl (C=O) groups excluding carboxylic acids is 1. The molecule has 3 aromatic rings. The van der Waals surface area contributed by atoms with Crippen molar-refractivity contribution < 1.29 is 9.21 Å². The molecule has 0 unspecified atom stereocenters. The van der Waals surface area contributed by atoms with E-state index < -0.39 is 0 Å². The first-order valence-electron chi connectivity index (χ1n) is 9.72. The molecule has 4 rings (SSSR count). The second kappa shape index (κ2) is 7.26. The molecule has 1 amide bonds. The highest BCUT2D eigenvalue weighted by Crippen LogP contribution is 2.37. The molecule has 1 aliphatic rings. The number of nitrogens with two attached hydrogens (primary N) is 1. The number of amides is 1. The Kier molecular flexibility index (Phi) is 4.90. The van der Waals surface area contributed by atoms with Crippen LogP contribution in [0.4, 0.5) is 6.01 Å². The van der Waals surface area contributed by atoms with E-state index in [-0.39, 0.29) is 17.4 Å². The number of benzene rings is 1. The van der Waals surface area contributed by atoms with Gasteiger partial charge >= 0.3 is 6.01 Å². The predicted molar refractivity (Wildman–Crippen MR) is 114 cm³/mol. The fourth-order valence-corrected chi connectivity index (χ4v) is 4.54. The van der Waals surface area contributed by atoms with Gasteiger partial charge in [0.05, 0.1) is 5.69 Å². The van der Waals surface area contributed by atoms with Crippen LogP contribution in [0.15, 0.2) is 28.7 Å². The summed E-state index contributed by atoms with van der Waals surface area (Å²) < 4.78 is 5.89. The Bertz CT molecular complexity index is 1030. The lowest BCUT2D eigenvalue weighted by Gasteiger charge is -2.18. The molecule has 152 valence electrons. The molecule has 2 aromatic heterocycles. The first kappa shape index (κ1) is 19.6. The van der Waals surface area contributed by atoms with E-state index in [2.05, 4.69) is 55.2 Å². The standard InChI is InChI=1S/C21H25N5O2S/c1-12-16(18-24-25-20(28-18)26-11-5-6-15(26)17(22)27)29-19(23-12)13-7-9-14(10-8-13)21(2,3)4/h7-10,15H,5-6,11H2,1-4H3,(H2,22,27)/t15-/m0/s1. The molecule has 8 heteroatoms. The molecular weight excluding hydrogens is 386 g/mol. The van der Waals surface area contributed by atoms with Crippen molar-refractivity contribution in [3.8, 4) is 21.3 Å². The molecule has 0 radical (unpaired) electrons. The van der Waals surface area contributed by atoms with Crippen LogP contribution in [0, 0.1) is 6.92 Å². The van der Waals surface area contributed by atoms with E-state index in [1.807, 2.05) is 6.92 Å². The summed E-state index contributed by atoms with van der Waals surface area (Å²) in [6.45, 7) is 9.21. The van der Waals surface area contributed by atoms with Gasteiger partial charge in [0.15, 0.2) is 0 Å². The van der Waals surface area contributed by atoms with Gasteiger partial charge in [-0.25, -0.2) is 4.98 Å². The third-order valence-corrected chi connectivity index (χ3v) is 6.42. The maximum Gasteiger partial charge on any atom is 0.319 e. The Morgan fingerprint density at radius 3 is 2.62 bits per heavy atom. The number of hydrogen-bond acceptors (Lipinski definition) is 7. The van der Waals surface area contributed by atoms with Gasteiger partial charge in [0.25, 0.3) is 5.89 Å². The second-order valence-corrected chi connectivity index (χ2v) is 9.40. The number of carbonyl (C=O) groups is 1. The van der Waals surface area contributed by atoms with Crippen LogP contribution < -0.4 is 10.6 Å². The minimum absolute atomic E-state index is 0.112. The number of anilines is 1. The first-order chi connectivity index (χ1) is 13.7. The predicted octanol–water partition coefficient (Wildman–Crippen LogP) is 3.92. The summed E-state index contributed by atoms with van der Waals surface area (Å²) in [5.74, 6) is 0.0555. The third kappa shape index (κ3) is 3.76. The molecule has 7 nitrogen and oxygen atoms in total. The van der Waals surface area contributed by atoms with Crippen molar-refractivity contribution >= 4 is 23.3 Å². The fourth-order valence-electron chi connectivity index (χ4n) is 3.55. The SMILES string of the molecule is Cc1nc(-c2ccc(C(C)(C)C)cc2)sc1-c1nnc(N2CCC[C@H]2C(N)=O)o1. The van der Waals surface area contributed by atoms with Crippen LogP contribution >= 0.6 is 11.3 Å². The van der Waals surface area contributed by atoms with Gasteiger partial charge in [-0.15, -0.1) is 16.4 Å². The fraction of sp³-hybridized carbons (Fsp3) is 0.429. The lowest BCUT2D eigenvalue weighted by molar-refractivity contribution is -0.119.